The number of alkyl halides is 3. The molecule has 19 heavy (non-hydrogen) atoms. The van der Waals surface area contributed by atoms with Crippen molar-refractivity contribution < 1.29 is 22.7 Å². The third kappa shape index (κ3) is 2.56. The summed E-state index contributed by atoms with van der Waals surface area (Å²) >= 11 is 0. The first kappa shape index (κ1) is 13.1. The minimum atomic E-state index is -4.58. The molecule has 2 aromatic heterocycles. The fraction of sp³-hybridized carbons (Fsp3) is 0.182. The molecule has 0 saturated carbocycles. The number of esters is 1. The molecule has 0 aliphatic heterocycles. The summed E-state index contributed by atoms with van der Waals surface area (Å²) in [5, 5.41) is 5.96. The molecule has 0 aliphatic rings. The van der Waals surface area contributed by atoms with Crippen LogP contribution in [0.1, 0.15) is 16.1 Å². The van der Waals surface area contributed by atoms with Gasteiger partial charge in [0, 0.05) is 11.8 Å². The Morgan fingerprint density at radius 3 is 2.63 bits per heavy atom. The first-order valence-corrected chi connectivity index (χ1v) is 5.09. The lowest BCUT2D eigenvalue weighted by atomic mass is 10.1. The first-order valence-electron chi connectivity index (χ1n) is 5.09. The Labute approximate surface area is 105 Å². The van der Waals surface area contributed by atoms with Crippen LogP contribution in [0.5, 0.6) is 0 Å². The third-order valence-corrected chi connectivity index (χ3v) is 2.37. The summed E-state index contributed by atoms with van der Waals surface area (Å²) in [6, 6.07) is 1.76. The number of methoxy groups -OCH3 is 1. The molecule has 8 heteroatoms. The molecular formula is C11H8F3N3O2. The average molecular weight is 271 g/mol. The standard InChI is InChI=1S/C11H8F3N3O2/c1-19-10(18)8-3-2-7(11(12,13)14)9(17-8)6-4-15-16-5-6/h2-5H,1H3,(H,15,16). The summed E-state index contributed by atoms with van der Waals surface area (Å²) in [4.78, 5) is 15.0. The van der Waals surface area contributed by atoms with Crippen molar-refractivity contribution in [3.05, 3.63) is 35.8 Å². The lowest BCUT2D eigenvalue weighted by Crippen LogP contribution is -2.12. The Balaban J connectivity index is 2.61. The van der Waals surface area contributed by atoms with Crippen LogP contribution in [0, 0.1) is 0 Å². The number of H-pyrrole nitrogens is 1. The minimum absolute atomic E-state index is 0.137. The Morgan fingerprint density at radius 2 is 2.11 bits per heavy atom. The number of aromatic amines is 1. The van der Waals surface area contributed by atoms with Gasteiger partial charge in [0.2, 0.25) is 0 Å². The van der Waals surface area contributed by atoms with Crippen LogP contribution in [-0.4, -0.2) is 28.3 Å². The number of nitrogens with zero attached hydrogens (tertiary/aromatic N) is 2. The molecule has 2 rings (SSSR count). The summed E-state index contributed by atoms with van der Waals surface area (Å²) < 4.78 is 43.0. The molecule has 0 bridgehead atoms. The van der Waals surface area contributed by atoms with E-state index in [0.29, 0.717) is 0 Å². The average Bonchev–Trinajstić information content (AvgIpc) is 2.89. The van der Waals surface area contributed by atoms with Crippen molar-refractivity contribution in [2.45, 2.75) is 6.18 Å². The number of hydrogen-bond donors (Lipinski definition) is 1. The topological polar surface area (TPSA) is 67.9 Å². The maximum absolute atomic E-state index is 12.9. The van der Waals surface area contributed by atoms with Gasteiger partial charge in [0.25, 0.3) is 0 Å². The molecule has 0 atom stereocenters. The molecule has 0 unspecified atom stereocenters. The highest BCUT2D eigenvalue weighted by Crippen LogP contribution is 2.35. The number of halogens is 3. The Morgan fingerprint density at radius 1 is 1.37 bits per heavy atom. The van der Waals surface area contributed by atoms with Crippen LogP contribution >= 0.6 is 0 Å². The van der Waals surface area contributed by atoms with E-state index in [0.717, 1.165) is 19.2 Å². The molecular weight excluding hydrogens is 263 g/mol. The van der Waals surface area contributed by atoms with E-state index in [4.69, 9.17) is 0 Å². The Bertz CT molecular complexity index is 594. The number of carbonyl (C=O) groups excluding carboxylic acids is 1. The van der Waals surface area contributed by atoms with Crippen molar-refractivity contribution in [2.75, 3.05) is 7.11 Å². The number of aromatic nitrogens is 3. The minimum Gasteiger partial charge on any atom is -0.464 e. The number of ether oxygens (including phenoxy) is 1. The fourth-order valence-corrected chi connectivity index (χ4v) is 1.51. The van der Waals surface area contributed by atoms with E-state index >= 15 is 0 Å². The molecule has 2 aromatic rings. The molecule has 0 radical (unpaired) electrons. The zero-order valence-electron chi connectivity index (χ0n) is 9.65. The number of carbonyl (C=O) groups is 1. The normalized spacial score (nSPS) is 11.4. The van der Waals surface area contributed by atoms with Crippen molar-refractivity contribution in [2.24, 2.45) is 0 Å². The molecule has 2 heterocycles. The second kappa shape index (κ2) is 4.71. The van der Waals surface area contributed by atoms with Gasteiger partial charge in [-0.3, -0.25) is 5.10 Å². The summed E-state index contributed by atoms with van der Waals surface area (Å²) in [7, 11) is 1.12. The van der Waals surface area contributed by atoms with Gasteiger partial charge < -0.3 is 4.74 Å². The van der Waals surface area contributed by atoms with E-state index in [1.165, 1.54) is 12.4 Å². The van der Waals surface area contributed by atoms with E-state index in [1.54, 1.807) is 0 Å². The van der Waals surface area contributed by atoms with Crippen molar-refractivity contribution in [1.29, 1.82) is 0 Å². The van der Waals surface area contributed by atoms with Crippen LogP contribution in [0.4, 0.5) is 13.2 Å². The van der Waals surface area contributed by atoms with Gasteiger partial charge >= 0.3 is 12.1 Å². The number of rotatable bonds is 2. The molecule has 5 nitrogen and oxygen atoms in total. The summed E-state index contributed by atoms with van der Waals surface area (Å²) in [5.41, 5.74) is -1.38. The lowest BCUT2D eigenvalue weighted by molar-refractivity contribution is -0.137. The van der Waals surface area contributed by atoms with Gasteiger partial charge in [-0.05, 0) is 12.1 Å². The zero-order chi connectivity index (χ0) is 14.0. The summed E-state index contributed by atoms with van der Waals surface area (Å²) in [6.07, 6.45) is -2.12. The second-order valence-electron chi connectivity index (χ2n) is 3.57. The van der Waals surface area contributed by atoms with Crippen LogP contribution < -0.4 is 0 Å². The predicted molar refractivity (Wildman–Crippen MR) is 58.2 cm³/mol. The van der Waals surface area contributed by atoms with Crippen molar-refractivity contribution in [3.63, 3.8) is 0 Å². The van der Waals surface area contributed by atoms with Gasteiger partial charge in [0.1, 0.15) is 5.69 Å². The van der Waals surface area contributed by atoms with Crippen molar-refractivity contribution >= 4 is 5.97 Å². The van der Waals surface area contributed by atoms with E-state index in [1.807, 2.05) is 0 Å². The highest BCUT2D eigenvalue weighted by molar-refractivity contribution is 5.88. The van der Waals surface area contributed by atoms with Crippen LogP contribution in [-0.2, 0) is 10.9 Å². The summed E-state index contributed by atoms with van der Waals surface area (Å²) in [6.45, 7) is 0. The predicted octanol–water partition coefficient (Wildman–Crippen LogP) is 2.28. The van der Waals surface area contributed by atoms with Crippen LogP contribution in [0.25, 0.3) is 11.3 Å². The van der Waals surface area contributed by atoms with E-state index in [9.17, 15) is 18.0 Å². The van der Waals surface area contributed by atoms with Gasteiger partial charge in [0.15, 0.2) is 0 Å². The van der Waals surface area contributed by atoms with Crippen LogP contribution in [0.15, 0.2) is 24.5 Å². The van der Waals surface area contributed by atoms with Crippen LogP contribution in [0.2, 0.25) is 0 Å². The van der Waals surface area contributed by atoms with Crippen molar-refractivity contribution in [3.8, 4) is 11.3 Å². The van der Waals surface area contributed by atoms with Gasteiger partial charge in [-0.25, -0.2) is 9.78 Å². The molecule has 0 saturated heterocycles. The quantitative estimate of drug-likeness (QED) is 0.851. The van der Waals surface area contributed by atoms with Gasteiger partial charge in [-0.1, -0.05) is 0 Å². The van der Waals surface area contributed by atoms with Gasteiger partial charge in [-0.2, -0.15) is 18.3 Å². The molecule has 0 spiro atoms. The smallest absolute Gasteiger partial charge is 0.418 e. The largest absolute Gasteiger partial charge is 0.464 e. The van der Waals surface area contributed by atoms with E-state index in [-0.39, 0.29) is 17.0 Å². The third-order valence-electron chi connectivity index (χ3n) is 2.37. The Kier molecular flexibility index (Phi) is 3.24. The highest BCUT2D eigenvalue weighted by atomic mass is 19.4. The fourth-order valence-electron chi connectivity index (χ4n) is 1.51. The van der Waals surface area contributed by atoms with Gasteiger partial charge in [-0.15, -0.1) is 0 Å². The number of hydrogen-bond acceptors (Lipinski definition) is 4. The SMILES string of the molecule is COC(=O)c1ccc(C(F)(F)F)c(-c2cn[nH]c2)n1. The zero-order valence-corrected chi connectivity index (χ0v) is 9.65. The lowest BCUT2D eigenvalue weighted by Gasteiger charge is -2.11. The molecule has 1 N–H and O–H groups in total. The monoisotopic (exact) mass is 271 g/mol. The molecule has 0 aromatic carbocycles. The second-order valence-corrected chi connectivity index (χ2v) is 3.57. The molecule has 0 fully saturated rings. The maximum Gasteiger partial charge on any atom is 0.418 e. The number of nitrogens with one attached hydrogen (secondary N) is 1. The molecule has 0 aliphatic carbocycles. The molecule has 100 valence electrons. The Hall–Kier alpha value is -2.38. The number of pyridine rings is 1. The molecule has 0 amide bonds. The first-order chi connectivity index (χ1) is 8.93. The van der Waals surface area contributed by atoms with E-state index < -0.39 is 17.7 Å². The van der Waals surface area contributed by atoms with E-state index in [2.05, 4.69) is 19.9 Å². The van der Waals surface area contributed by atoms with Crippen LogP contribution in [0.3, 0.4) is 0 Å². The maximum atomic E-state index is 12.9. The summed E-state index contributed by atoms with van der Waals surface area (Å²) in [5.74, 6) is -0.807. The highest BCUT2D eigenvalue weighted by Gasteiger charge is 2.35. The van der Waals surface area contributed by atoms with Crippen molar-refractivity contribution in [1.82, 2.24) is 15.2 Å². The van der Waals surface area contributed by atoms with Gasteiger partial charge in [0.05, 0.1) is 24.6 Å².